The van der Waals surface area contributed by atoms with Gasteiger partial charge in [0.05, 0.1) is 12.3 Å². The van der Waals surface area contributed by atoms with Crippen molar-refractivity contribution in [1.29, 1.82) is 0 Å². The summed E-state index contributed by atoms with van der Waals surface area (Å²) in [5.41, 5.74) is 7.80. The zero-order valence-corrected chi connectivity index (χ0v) is 13.5. The van der Waals surface area contributed by atoms with E-state index in [1.165, 1.54) is 0 Å². The second kappa shape index (κ2) is 5.79. The number of nitrogens with two attached hydrogens (primary N) is 1. The van der Waals surface area contributed by atoms with Gasteiger partial charge >= 0.3 is 5.97 Å². The van der Waals surface area contributed by atoms with Crippen molar-refractivity contribution < 1.29 is 14.7 Å². The Kier molecular flexibility index (Phi) is 3.95. The number of carboxylic acids is 1. The van der Waals surface area contributed by atoms with Gasteiger partial charge < -0.3 is 15.7 Å². The molecule has 1 aliphatic carbocycles. The van der Waals surface area contributed by atoms with Gasteiger partial charge in [0, 0.05) is 30.0 Å². The summed E-state index contributed by atoms with van der Waals surface area (Å²) in [6.07, 6.45) is 2.36. The standard InChI is InChI=1S/C16H22N4O3/c1-8-11(9(2)19-16(17)18-8)5-14(21)20-6-12(10-3-4-10)13(7-20)15(22)23/h10,12-13H,3-7H2,1-2H3,(H,22,23)(H2,17,18,19)/t12-,13+/m1/s1. The highest BCUT2D eigenvalue weighted by atomic mass is 16.4. The van der Waals surface area contributed by atoms with E-state index in [0.717, 1.165) is 18.4 Å². The fourth-order valence-corrected chi connectivity index (χ4v) is 3.58. The van der Waals surface area contributed by atoms with Crippen molar-refractivity contribution in [3.05, 3.63) is 17.0 Å². The SMILES string of the molecule is Cc1nc(N)nc(C)c1CC(=O)N1C[C@H](C(=O)O)[C@@H](C2CC2)C1. The van der Waals surface area contributed by atoms with Crippen LogP contribution in [0.25, 0.3) is 0 Å². The lowest BCUT2D eigenvalue weighted by molar-refractivity contribution is -0.142. The molecular weight excluding hydrogens is 296 g/mol. The monoisotopic (exact) mass is 318 g/mol. The molecular formula is C16H22N4O3. The molecule has 3 N–H and O–H groups in total. The smallest absolute Gasteiger partial charge is 0.308 e. The Morgan fingerprint density at radius 3 is 2.35 bits per heavy atom. The van der Waals surface area contributed by atoms with Crippen LogP contribution in [-0.4, -0.2) is 44.9 Å². The lowest BCUT2D eigenvalue weighted by Crippen LogP contribution is -2.31. The quantitative estimate of drug-likeness (QED) is 0.849. The number of carbonyl (C=O) groups excluding carboxylic acids is 1. The second-order valence-corrected chi connectivity index (χ2v) is 6.65. The highest BCUT2D eigenvalue weighted by Gasteiger charge is 2.46. The van der Waals surface area contributed by atoms with Gasteiger partial charge in [0.2, 0.25) is 11.9 Å². The molecule has 1 saturated carbocycles. The van der Waals surface area contributed by atoms with Crippen LogP contribution in [0.15, 0.2) is 0 Å². The van der Waals surface area contributed by atoms with Crippen molar-refractivity contribution >= 4 is 17.8 Å². The molecule has 1 amide bonds. The third-order valence-electron chi connectivity index (χ3n) is 5.03. The molecule has 0 unspecified atom stereocenters. The maximum absolute atomic E-state index is 12.6. The van der Waals surface area contributed by atoms with Crippen molar-refractivity contribution in [1.82, 2.24) is 14.9 Å². The number of carboxylic acid groups (broad SMARTS) is 1. The molecule has 23 heavy (non-hydrogen) atoms. The Bertz CT molecular complexity index is 634. The van der Waals surface area contributed by atoms with Gasteiger partial charge in [-0.1, -0.05) is 0 Å². The Morgan fingerprint density at radius 2 is 1.83 bits per heavy atom. The van der Waals surface area contributed by atoms with E-state index in [1.54, 1.807) is 4.90 Å². The first-order chi connectivity index (χ1) is 10.9. The van der Waals surface area contributed by atoms with E-state index < -0.39 is 11.9 Å². The predicted molar refractivity (Wildman–Crippen MR) is 83.5 cm³/mol. The average Bonchev–Trinajstić information content (AvgIpc) is 3.20. The number of nitrogens with zero attached hydrogens (tertiary/aromatic N) is 3. The van der Waals surface area contributed by atoms with Crippen LogP contribution < -0.4 is 5.73 Å². The number of hydrogen-bond donors (Lipinski definition) is 2. The first-order valence-corrected chi connectivity index (χ1v) is 7.97. The van der Waals surface area contributed by atoms with E-state index >= 15 is 0 Å². The Balaban J connectivity index is 1.73. The molecule has 2 fully saturated rings. The maximum Gasteiger partial charge on any atom is 0.308 e. The van der Waals surface area contributed by atoms with Crippen molar-refractivity contribution in [2.24, 2.45) is 17.8 Å². The minimum Gasteiger partial charge on any atom is -0.481 e. The summed E-state index contributed by atoms with van der Waals surface area (Å²) < 4.78 is 0. The molecule has 0 spiro atoms. The van der Waals surface area contributed by atoms with E-state index in [2.05, 4.69) is 9.97 Å². The summed E-state index contributed by atoms with van der Waals surface area (Å²) in [7, 11) is 0. The van der Waals surface area contributed by atoms with E-state index in [-0.39, 0.29) is 24.2 Å². The van der Waals surface area contributed by atoms with E-state index in [0.29, 0.717) is 30.4 Å². The normalized spacial score (nSPS) is 24.0. The molecule has 1 aromatic heterocycles. The average molecular weight is 318 g/mol. The minimum atomic E-state index is -0.791. The molecule has 2 heterocycles. The summed E-state index contributed by atoms with van der Waals surface area (Å²) in [6, 6.07) is 0. The lowest BCUT2D eigenvalue weighted by atomic mass is 9.92. The van der Waals surface area contributed by atoms with Gasteiger partial charge in [-0.15, -0.1) is 0 Å². The number of rotatable bonds is 4. The molecule has 0 bridgehead atoms. The van der Waals surface area contributed by atoms with E-state index in [4.69, 9.17) is 5.73 Å². The van der Waals surface area contributed by atoms with Crippen LogP contribution in [0.3, 0.4) is 0 Å². The summed E-state index contributed by atoms with van der Waals surface area (Å²) in [5.74, 6) is -0.508. The number of aromatic nitrogens is 2. The van der Waals surface area contributed by atoms with E-state index in [1.807, 2.05) is 13.8 Å². The van der Waals surface area contributed by atoms with Crippen LogP contribution in [0.2, 0.25) is 0 Å². The highest BCUT2D eigenvalue weighted by molar-refractivity contribution is 5.81. The lowest BCUT2D eigenvalue weighted by Gasteiger charge is -2.17. The van der Waals surface area contributed by atoms with Gasteiger partial charge in [-0.25, -0.2) is 9.97 Å². The number of carbonyl (C=O) groups is 2. The Morgan fingerprint density at radius 1 is 1.22 bits per heavy atom. The zero-order chi connectivity index (χ0) is 16.7. The third-order valence-corrected chi connectivity index (χ3v) is 5.03. The number of aliphatic carboxylic acids is 1. The van der Waals surface area contributed by atoms with Gasteiger partial charge in [0.1, 0.15) is 0 Å². The summed E-state index contributed by atoms with van der Waals surface area (Å²) in [5, 5.41) is 9.40. The highest BCUT2D eigenvalue weighted by Crippen LogP contribution is 2.44. The van der Waals surface area contributed by atoms with Crippen LogP contribution in [0.5, 0.6) is 0 Å². The fraction of sp³-hybridized carbons (Fsp3) is 0.625. The number of nitrogen functional groups attached to an aromatic ring is 1. The third kappa shape index (κ3) is 3.13. The summed E-state index contributed by atoms with van der Waals surface area (Å²) in [4.78, 5) is 34.0. The molecule has 0 radical (unpaired) electrons. The molecule has 2 aliphatic rings. The summed E-state index contributed by atoms with van der Waals surface area (Å²) >= 11 is 0. The number of likely N-dealkylation sites (tertiary alicyclic amines) is 1. The molecule has 124 valence electrons. The minimum absolute atomic E-state index is 0.0565. The second-order valence-electron chi connectivity index (χ2n) is 6.65. The van der Waals surface area contributed by atoms with Crippen molar-refractivity contribution in [3.63, 3.8) is 0 Å². The van der Waals surface area contributed by atoms with Crippen LogP contribution in [0, 0.1) is 31.6 Å². The molecule has 0 aromatic carbocycles. The van der Waals surface area contributed by atoms with Crippen LogP contribution in [0.4, 0.5) is 5.95 Å². The Labute approximate surface area is 134 Å². The fourth-order valence-electron chi connectivity index (χ4n) is 3.58. The molecule has 3 rings (SSSR count). The van der Waals surface area contributed by atoms with E-state index in [9.17, 15) is 14.7 Å². The number of amides is 1. The Hall–Kier alpha value is -2.18. The molecule has 1 aliphatic heterocycles. The van der Waals surface area contributed by atoms with Crippen molar-refractivity contribution in [2.75, 3.05) is 18.8 Å². The number of anilines is 1. The number of aryl methyl sites for hydroxylation is 2. The zero-order valence-electron chi connectivity index (χ0n) is 13.5. The number of hydrogen-bond acceptors (Lipinski definition) is 5. The molecule has 7 heteroatoms. The molecule has 1 aromatic rings. The van der Waals surface area contributed by atoms with Gasteiger partial charge in [-0.05, 0) is 38.5 Å². The van der Waals surface area contributed by atoms with Crippen LogP contribution >= 0.6 is 0 Å². The maximum atomic E-state index is 12.6. The van der Waals surface area contributed by atoms with Crippen molar-refractivity contribution in [2.45, 2.75) is 33.1 Å². The van der Waals surface area contributed by atoms with Gasteiger partial charge in [0.15, 0.2) is 0 Å². The molecule has 2 atom stereocenters. The first-order valence-electron chi connectivity index (χ1n) is 7.97. The van der Waals surface area contributed by atoms with Crippen molar-refractivity contribution in [3.8, 4) is 0 Å². The van der Waals surface area contributed by atoms with Crippen LogP contribution in [0.1, 0.15) is 29.8 Å². The topological polar surface area (TPSA) is 109 Å². The molecule has 1 saturated heterocycles. The van der Waals surface area contributed by atoms with Gasteiger partial charge in [-0.3, -0.25) is 9.59 Å². The summed E-state index contributed by atoms with van der Waals surface area (Å²) in [6.45, 7) is 4.48. The first kappa shape index (κ1) is 15.7. The van der Waals surface area contributed by atoms with Gasteiger partial charge in [-0.2, -0.15) is 0 Å². The van der Waals surface area contributed by atoms with Crippen LogP contribution in [-0.2, 0) is 16.0 Å². The molecule has 7 nitrogen and oxygen atoms in total. The van der Waals surface area contributed by atoms with Gasteiger partial charge in [0.25, 0.3) is 0 Å². The predicted octanol–water partition coefficient (Wildman–Crippen LogP) is 0.787. The largest absolute Gasteiger partial charge is 0.481 e.